The molecular formula is C14H23N3O3S. The first-order valence-electron chi connectivity index (χ1n) is 7.12. The zero-order chi connectivity index (χ0) is 15.3. The van der Waals surface area contributed by atoms with Crippen LogP contribution in [0.4, 0.5) is 5.69 Å². The van der Waals surface area contributed by atoms with Crippen molar-refractivity contribution in [3.05, 3.63) is 24.3 Å². The summed E-state index contributed by atoms with van der Waals surface area (Å²) in [6.45, 7) is 6.27. The summed E-state index contributed by atoms with van der Waals surface area (Å²) in [6.07, 6.45) is 0. The van der Waals surface area contributed by atoms with Crippen LogP contribution in [0.1, 0.15) is 6.92 Å². The van der Waals surface area contributed by atoms with Gasteiger partial charge in [0.1, 0.15) is 4.90 Å². The molecule has 118 valence electrons. The number of benzene rings is 1. The molecule has 1 aromatic rings. The largest absolute Gasteiger partial charge is 0.380 e. The van der Waals surface area contributed by atoms with Crippen LogP contribution in [0.15, 0.2) is 29.2 Å². The van der Waals surface area contributed by atoms with Crippen LogP contribution >= 0.6 is 0 Å². The van der Waals surface area contributed by atoms with E-state index in [0.29, 0.717) is 5.69 Å². The van der Waals surface area contributed by atoms with Gasteiger partial charge in [-0.3, -0.25) is 4.90 Å². The van der Waals surface area contributed by atoms with Gasteiger partial charge in [-0.25, -0.2) is 13.1 Å². The molecule has 1 unspecified atom stereocenters. The van der Waals surface area contributed by atoms with Gasteiger partial charge in [0.15, 0.2) is 0 Å². The lowest BCUT2D eigenvalue weighted by atomic mass is 10.2. The minimum atomic E-state index is -3.45. The predicted molar refractivity (Wildman–Crippen MR) is 83.0 cm³/mol. The summed E-state index contributed by atoms with van der Waals surface area (Å²) in [6, 6.07) is 7.10. The van der Waals surface area contributed by atoms with Gasteiger partial charge in [0.2, 0.25) is 10.0 Å². The molecule has 1 atom stereocenters. The van der Waals surface area contributed by atoms with Crippen molar-refractivity contribution < 1.29 is 13.2 Å². The molecular weight excluding hydrogens is 290 g/mol. The van der Waals surface area contributed by atoms with E-state index in [1.54, 1.807) is 18.2 Å². The molecule has 21 heavy (non-hydrogen) atoms. The Bertz CT molecular complexity index is 556. The Morgan fingerprint density at radius 3 is 2.62 bits per heavy atom. The Labute approximate surface area is 126 Å². The molecule has 6 nitrogen and oxygen atoms in total. The highest BCUT2D eigenvalue weighted by Gasteiger charge is 2.18. The second kappa shape index (κ2) is 7.22. The van der Waals surface area contributed by atoms with Gasteiger partial charge in [0.05, 0.1) is 18.9 Å². The van der Waals surface area contributed by atoms with Gasteiger partial charge >= 0.3 is 0 Å². The second-order valence-electron chi connectivity index (χ2n) is 5.16. The lowest BCUT2D eigenvalue weighted by Crippen LogP contribution is -2.42. The minimum Gasteiger partial charge on any atom is -0.380 e. The zero-order valence-electron chi connectivity index (χ0n) is 12.5. The van der Waals surface area contributed by atoms with Gasteiger partial charge < -0.3 is 10.1 Å². The molecule has 7 heteroatoms. The Kier molecular flexibility index (Phi) is 5.58. The summed E-state index contributed by atoms with van der Waals surface area (Å²) < 4.78 is 31.7. The highest BCUT2D eigenvalue weighted by Crippen LogP contribution is 2.21. The molecule has 0 aliphatic carbocycles. The maximum Gasteiger partial charge on any atom is 0.242 e. The third-order valence-electron chi connectivity index (χ3n) is 3.48. The number of ether oxygens (including phenoxy) is 1. The van der Waals surface area contributed by atoms with E-state index in [9.17, 15) is 8.42 Å². The molecule has 1 aliphatic rings. The molecule has 2 N–H and O–H groups in total. The maximum atomic E-state index is 12.0. The Balaban J connectivity index is 2.05. The fourth-order valence-electron chi connectivity index (χ4n) is 2.41. The summed E-state index contributed by atoms with van der Waals surface area (Å²) in [7, 11) is -2.03. The molecule has 1 aromatic carbocycles. The first-order chi connectivity index (χ1) is 10.0. The van der Waals surface area contributed by atoms with Crippen molar-refractivity contribution in [1.29, 1.82) is 0 Å². The van der Waals surface area contributed by atoms with Crippen LogP contribution in [-0.4, -0.2) is 59.3 Å². The van der Waals surface area contributed by atoms with Gasteiger partial charge in [-0.2, -0.15) is 0 Å². The van der Waals surface area contributed by atoms with Gasteiger partial charge in [-0.05, 0) is 26.1 Å². The molecule has 1 heterocycles. The lowest BCUT2D eigenvalue weighted by molar-refractivity contribution is 0.0368. The van der Waals surface area contributed by atoms with E-state index in [-0.39, 0.29) is 10.9 Å². The molecule has 1 saturated heterocycles. The van der Waals surface area contributed by atoms with E-state index >= 15 is 0 Å². The van der Waals surface area contributed by atoms with Crippen molar-refractivity contribution in [2.45, 2.75) is 17.9 Å². The predicted octanol–water partition coefficient (Wildman–Crippen LogP) is 0.727. The number of sulfonamides is 1. The summed E-state index contributed by atoms with van der Waals surface area (Å²) in [4.78, 5) is 2.59. The summed E-state index contributed by atoms with van der Waals surface area (Å²) >= 11 is 0. The van der Waals surface area contributed by atoms with Gasteiger partial charge in [0, 0.05) is 25.7 Å². The third-order valence-corrected chi connectivity index (χ3v) is 4.96. The van der Waals surface area contributed by atoms with Gasteiger partial charge in [-0.1, -0.05) is 12.1 Å². The minimum absolute atomic E-state index is 0.149. The first kappa shape index (κ1) is 16.2. The Morgan fingerprint density at radius 2 is 1.95 bits per heavy atom. The highest BCUT2D eigenvalue weighted by atomic mass is 32.2. The fraction of sp³-hybridized carbons (Fsp3) is 0.571. The number of nitrogens with zero attached hydrogens (tertiary/aromatic N) is 1. The number of nitrogens with one attached hydrogen (secondary N) is 2. The average molecular weight is 313 g/mol. The molecule has 0 aromatic heterocycles. The van der Waals surface area contributed by atoms with Crippen molar-refractivity contribution in [2.75, 3.05) is 45.2 Å². The molecule has 2 rings (SSSR count). The summed E-state index contributed by atoms with van der Waals surface area (Å²) in [5.41, 5.74) is 0.632. The van der Waals surface area contributed by atoms with Gasteiger partial charge in [-0.15, -0.1) is 0 Å². The SMILES string of the molecule is CNS(=O)(=O)c1ccccc1NC(C)CN1CCOCC1. The fourth-order valence-corrected chi connectivity index (χ4v) is 3.31. The van der Waals surface area contributed by atoms with Crippen molar-refractivity contribution in [2.24, 2.45) is 0 Å². The Hall–Kier alpha value is -1.15. The van der Waals surface area contributed by atoms with E-state index in [0.717, 1.165) is 32.8 Å². The topological polar surface area (TPSA) is 70.7 Å². The van der Waals surface area contributed by atoms with Gasteiger partial charge in [0.25, 0.3) is 0 Å². The van der Waals surface area contributed by atoms with E-state index in [2.05, 4.69) is 21.9 Å². The van der Waals surface area contributed by atoms with Crippen LogP contribution in [0.25, 0.3) is 0 Å². The van der Waals surface area contributed by atoms with Crippen molar-refractivity contribution in [3.63, 3.8) is 0 Å². The van der Waals surface area contributed by atoms with Crippen LogP contribution in [0.2, 0.25) is 0 Å². The highest BCUT2D eigenvalue weighted by molar-refractivity contribution is 7.89. The molecule has 0 saturated carbocycles. The number of anilines is 1. The van der Waals surface area contributed by atoms with Crippen molar-refractivity contribution in [3.8, 4) is 0 Å². The molecule has 1 fully saturated rings. The average Bonchev–Trinajstić information content (AvgIpc) is 2.48. The normalized spacial score (nSPS) is 18.4. The number of hydrogen-bond acceptors (Lipinski definition) is 5. The Morgan fingerprint density at radius 1 is 1.29 bits per heavy atom. The summed E-state index contributed by atoms with van der Waals surface area (Å²) in [5.74, 6) is 0. The number of rotatable bonds is 6. The van der Waals surface area contributed by atoms with Crippen molar-refractivity contribution >= 4 is 15.7 Å². The monoisotopic (exact) mass is 313 g/mol. The number of para-hydroxylation sites is 1. The number of hydrogen-bond donors (Lipinski definition) is 2. The van der Waals surface area contributed by atoms with Crippen molar-refractivity contribution in [1.82, 2.24) is 9.62 Å². The number of morpholine rings is 1. The van der Waals surface area contributed by atoms with E-state index in [1.807, 2.05) is 6.07 Å². The van der Waals surface area contributed by atoms with Crippen LogP contribution < -0.4 is 10.0 Å². The standard InChI is InChI=1S/C14H23N3O3S/c1-12(11-17-7-9-20-10-8-17)16-13-5-3-4-6-14(13)21(18,19)15-2/h3-6,12,15-16H,7-11H2,1-2H3. The quantitative estimate of drug-likeness (QED) is 0.810. The molecule has 0 bridgehead atoms. The first-order valence-corrected chi connectivity index (χ1v) is 8.60. The molecule has 0 amide bonds. The smallest absolute Gasteiger partial charge is 0.242 e. The van der Waals surface area contributed by atoms with Crippen LogP contribution in [0, 0.1) is 0 Å². The second-order valence-corrected chi connectivity index (χ2v) is 7.02. The molecule has 1 aliphatic heterocycles. The third kappa shape index (κ3) is 4.41. The zero-order valence-corrected chi connectivity index (χ0v) is 13.3. The van der Waals surface area contributed by atoms with Crippen LogP contribution in [0.3, 0.4) is 0 Å². The van der Waals surface area contributed by atoms with Crippen LogP contribution in [-0.2, 0) is 14.8 Å². The molecule has 0 radical (unpaired) electrons. The van der Waals surface area contributed by atoms with E-state index in [1.165, 1.54) is 7.05 Å². The molecule has 0 spiro atoms. The van der Waals surface area contributed by atoms with E-state index in [4.69, 9.17) is 4.74 Å². The van der Waals surface area contributed by atoms with E-state index < -0.39 is 10.0 Å². The van der Waals surface area contributed by atoms with Crippen LogP contribution in [0.5, 0.6) is 0 Å². The maximum absolute atomic E-state index is 12.0. The lowest BCUT2D eigenvalue weighted by Gasteiger charge is -2.30. The summed E-state index contributed by atoms with van der Waals surface area (Å²) in [5, 5.41) is 3.30.